The number of nitrogens with zero attached hydrogens (tertiary/aromatic N) is 1. The second-order valence-corrected chi connectivity index (χ2v) is 4.71. The molecule has 0 spiro atoms. The molecule has 0 N–H and O–H groups in total. The number of hydrogen-bond donors (Lipinski definition) is 0. The fraction of sp³-hybridized carbons (Fsp3) is 0.846. The molecule has 1 nitrogen and oxygen atoms in total. The summed E-state index contributed by atoms with van der Waals surface area (Å²) in [7, 11) is 0. The third-order valence-electron chi connectivity index (χ3n) is 3.03. The number of rotatable bonds is 8. The van der Waals surface area contributed by atoms with E-state index >= 15 is 0 Å². The molecule has 1 saturated heterocycles. The van der Waals surface area contributed by atoms with Gasteiger partial charge in [-0.15, -0.1) is 6.58 Å². The number of allylic oxidation sites excluding steroid dienone is 1. The first-order valence-corrected chi connectivity index (χ1v) is 6.12. The molecule has 0 radical (unpaired) electrons. The van der Waals surface area contributed by atoms with E-state index in [-0.39, 0.29) is 0 Å². The highest BCUT2D eigenvalue weighted by atomic mass is 15.3. The summed E-state index contributed by atoms with van der Waals surface area (Å²) in [6, 6.07) is 0.897. The van der Waals surface area contributed by atoms with Crippen LogP contribution in [-0.4, -0.2) is 24.0 Å². The number of hydrogen-bond acceptors (Lipinski definition) is 1. The van der Waals surface area contributed by atoms with Gasteiger partial charge in [0.1, 0.15) is 0 Å². The predicted molar refractivity (Wildman–Crippen MR) is 63.6 cm³/mol. The Morgan fingerprint density at radius 2 is 2.14 bits per heavy atom. The summed E-state index contributed by atoms with van der Waals surface area (Å²) in [6.45, 7) is 11.0. The van der Waals surface area contributed by atoms with Crippen LogP contribution in [0.1, 0.15) is 52.4 Å². The molecule has 0 amide bonds. The van der Waals surface area contributed by atoms with Gasteiger partial charge in [-0.05, 0) is 32.7 Å². The van der Waals surface area contributed by atoms with Crippen LogP contribution in [0, 0.1) is 0 Å². The Kier molecular flexibility index (Phi) is 5.24. The fourth-order valence-electron chi connectivity index (χ4n) is 1.93. The van der Waals surface area contributed by atoms with Crippen molar-refractivity contribution in [3.63, 3.8) is 0 Å². The Morgan fingerprint density at radius 3 is 2.79 bits per heavy atom. The van der Waals surface area contributed by atoms with Crippen molar-refractivity contribution >= 4 is 0 Å². The third kappa shape index (κ3) is 4.80. The largest absolute Gasteiger partial charge is 0.298 e. The molecule has 1 aliphatic heterocycles. The molecule has 14 heavy (non-hydrogen) atoms. The summed E-state index contributed by atoms with van der Waals surface area (Å²) in [5.41, 5.74) is 1.34. The van der Waals surface area contributed by atoms with Gasteiger partial charge in [0.2, 0.25) is 0 Å². The molecular formula is C13H25N. The van der Waals surface area contributed by atoms with Crippen LogP contribution in [0.3, 0.4) is 0 Å². The lowest BCUT2D eigenvalue weighted by molar-refractivity contribution is 0.462. The average molecular weight is 195 g/mol. The van der Waals surface area contributed by atoms with E-state index in [1.807, 2.05) is 0 Å². The molecule has 0 aromatic heterocycles. The highest BCUT2D eigenvalue weighted by Gasteiger charge is 2.31. The Balaban J connectivity index is 1.90. The summed E-state index contributed by atoms with van der Waals surface area (Å²) in [5.74, 6) is 0. The van der Waals surface area contributed by atoms with Gasteiger partial charge in [0.25, 0.3) is 0 Å². The smallest absolute Gasteiger partial charge is 0.0227 e. The van der Waals surface area contributed by atoms with E-state index in [0.717, 1.165) is 6.04 Å². The predicted octanol–water partition coefficient (Wildman–Crippen LogP) is 3.61. The standard InChI is InChI=1S/C13H25N/c1-4-5-6-7-10-14-11-13(14)9-8-12(2)3/h13H,2,4-11H2,1,3H3. The van der Waals surface area contributed by atoms with E-state index in [1.54, 1.807) is 0 Å². The van der Waals surface area contributed by atoms with Crippen molar-refractivity contribution in [2.45, 2.75) is 58.4 Å². The van der Waals surface area contributed by atoms with Crippen molar-refractivity contribution in [3.05, 3.63) is 12.2 Å². The number of unbranched alkanes of at least 4 members (excludes halogenated alkanes) is 3. The minimum absolute atomic E-state index is 0.897. The molecule has 2 unspecified atom stereocenters. The maximum absolute atomic E-state index is 3.95. The summed E-state index contributed by atoms with van der Waals surface area (Å²) in [5, 5.41) is 0. The summed E-state index contributed by atoms with van der Waals surface area (Å²) in [6.07, 6.45) is 8.13. The van der Waals surface area contributed by atoms with E-state index < -0.39 is 0 Å². The van der Waals surface area contributed by atoms with Crippen molar-refractivity contribution in [1.82, 2.24) is 4.90 Å². The maximum atomic E-state index is 3.95. The molecule has 0 bridgehead atoms. The van der Waals surface area contributed by atoms with E-state index in [2.05, 4.69) is 25.3 Å². The average Bonchev–Trinajstić information content (AvgIpc) is 2.88. The molecule has 1 heteroatoms. The van der Waals surface area contributed by atoms with Crippen LogP contribution in [0.2, 0.25) is 0 Å². The lowest BCUT2D eigenvalue weighted by Gasteiger charge is -2.03. The molecule has 0 aliphatic carbocycles. The van der Waals surface area contributed by atoms with Crippen molar-refractivity contribution in [3.8, 4) is 0 Å². The first-order chi connectivity index (χ1) is 6.74. The SMILES string of the molecule is C=C(C)CCC1CN1CCCCCC. The first kappa shape index (κ1) is 11.8. The van der Waals surface area contributed by atoms with E-state index in [4.69, 9.17) is 0 Å². The van der Waals surface area contributed by atoms with Gasteiger partial charge in [-0.25, -0.2) is 0 Å². The molecule has 0 aromatic rings. The highest BCUT2D eigenvalue weighted by molar-refractivity contribution is 4.95. The second kappa shape index (κ2) is 6.23. The van der Waals surface area contributed by atoms with Crippen LogP contribution in [0.5, 0.6) is 0 Å². The van der Waals surface area contributed by atoms with Crippen LogP contribution < -0.4 is 0 Å². The quantitative estimate of drug-likeness (QED) is 0.325. The summed E-state index contributed by atoms with van der Waals surface area (Å²) in [4.78, 5) is 2.61. The molecule has 1 fully saturated rings. The van der Waals surface area contributed by atoms with Crippen molar-refractivity contribution in [1.29, 1.82) is 0 Å². The molecule has 82 valence electrons. The van der Waals surface area contributed by atoms with Gasteiger partial charge in [0.05, 0.1) is 0 Å². The van der Waals surface area contributed by atoms with Gasteiger partial charge in [0.15, 0.2) is 0 Å². The topological polar surface area (TPSA) is 3.01 Å². The Morgan fingerprint density at radius 1 is 1.36 bits per heavy atom. The zero-order valence-corrected chi connectivity index (χ0v) is 9.89. The molecule has 1 heterocycles. The Hall–Kier alpha value is -0.300. The molecule has 0 saturated carbocycles. The minimum atomic E-state index is 0.897. The molecular weight excluding hydrogens is 170 g/mol. The van der Waals surface area contributed by atoms with Crippen LogP contribution in [-0.2, 0) is 0 Å². The van der Waals surface area contributed by atoms with E-state index in [9.17, 15) is 0 Å². The lowest BCUT2D eigenvalue weighted by Crippen LogP contribution is -2.04. The van der Waals surface area contributed by atoms with Crippen LogP contribution in [0.25, 0.3) is 0 Å². The Bertz CT molecular complexity index is 174. The van der Waals surface area contributed by atoms with Gasteiger partial charge >= 0.3 is 0 Å². The van der Waals surface area contributed by atoms with Crippen molar-refractivity contribution in [2.75, 3.05) is 13.1 Å². The van der Waals surface area contributed by atoms with E-state index in [0.29, 0.717) is 0 Å². The summed E-state index contributed by atoms with van der Waals surface area (Å²) < 4.78 is 0. The lowest BCUT2D eigenvalue weighted by atomic mass is 10.1. The van der Waals surface area contributed by atoms with Crippen molar-refractivity contribution in [2.24, 2.45) is 0 Å². The van der Waals surface area contributed by atoms with Crippen molar-refractivity contribution < 1.29 is 0 Å². The highest BCUT2D eigenvalue weighted by Crippen LogP contribution is 2.24. The van der Waals surface area contributed by atoms with Gasteiger partial charge in [-0.3, -0.25) is 4.90 Å². The fourth-order valence-corrected chi connectivity index (χ4v) is 1.93. The van der Waals surface area contributed by atoms with Crippen LogP contribution >= 0.6 is 0 Å². The van der Waals surface area contributed by atoms with Gasteiger partial charge in [0, 0.05) is 12.6 Å². The van der Waals surface area contributed by atoms with Gasteiger partial charge in [-0.2, -0.15) is 0 Å². The van der Waals surface area contributed by atoms with Crippen LogP contribution in [0.4, 0.5) is 0 Å². The zero-order chi connectivity index (χ0) is 10.4. The second-order valence-electron chi connectivity index (χ2n) is 4.71. The monoisotopic (exact) mass is 195 g/mol. The van der Waals surface area contributed by atoms with Gasteiger partial charge < -0.3 is 0 Å². The van der Waals surface area contributed by atoms with Crippen LogP contribution in [0.15, 0.2) is 12.2 Å². The minimum Gasteiger partial charge on any atom is -0.298 e. The zero-order valence-electron chi connectivity index (χ0n) is 9.89. The van der Waals surface area contributed by atoms with Gasteiger partial charge in [-0.1, -0.05) is 31.8 Å². The van der Waals surface area contributed by atoms with E-state index in [1.165, 1.54) is 57.2 Å². The molecule has 1 aliphatic rings. The molecule has 0 aromatic carbocycles. The first-order valence-electron chi connectivity index (χ1n) is 6.12. The summed E-state index contributed by atoms with van der Waals surface area (Å²) >= 11 is 0. The maximum Gasteiger partial charge on any atom is 0.0227 e. The Labute approximate surface area is 89.2 Å². The molecule has 2 atom stereocenters. The third-order valence-corrected chi connectivity index (χ3v) is 3.03. The molecule has 1 rings (SSSR count). The normalized spacial score (nSPS) is 25.0.